The number of hydrogen-bond acceptors (Lipinski definition) is 2. The Morgan fingerprint density at radius 2 is 2.50 bits per heavy atom. The fourth-order valence-electron chi connectivity index (χ4n) is 2.21. The van der Waals surface area contributed by atoms with Crippen LogP contribution in [0.4, 0.5) is 0 Å². The Kier molecular flexibility index (Phi) is 3.67. The van der Waals surface area contributed by atoms with Crippen LogP contribution in [0.3, 0.4) is 0 Å². The van der Waals surface area contributed by atoms with Gasteiger partial charge < -0.3 is 9.30 Å². The van der Waals surface area contributed by atoms with Crippen LogP contribution >= 0.6 is 15.9 Å². The molecule has 0 aliphatic carbocycles. The summed E-state index contributed by atoms with van der Waals surface area (Å²) < 4.78 is 8.73. The Hall–Kier alpha value is -0.790. The first-order chi connectivity index (χ1) is 7.76. The van der Waals surface area contributed by atoms with Gasteiger partial charge >= 0.3 is 0 Å². The van der Waals surface area contributed by atoms with Crippen LogP contribution in [0.5, 0.6) is 0 Å². The van der Waals surface area contributed by atoms with Gasteiger partial charge in [-0.1, -0.05) is 6.92 Å². The van der Waals surface area contributed by atoms with Crippen molar-refractivity contribution < 1.29 is 4.74 Å². The van der Waals surface area contributed by atoms with Crippen molar-refractivity contribution in [3.63, 3.8) is 0 Å². The summed E-state index contributed by atoms with van der Waals surface area (Å²) in [5, 5.41) is 9.09. The molecule has 1 atom stereocenters. The van der Waals surface area contributed by atoms with Gasteiger partial charge in [0, 0.05) is 23.3 Å². The monoisotopic (exact) mass is 282 g/mol. The van der Waals surface area contributed by atoms with E-state index in [0.29, 0.717) is 0 Å². The lowest BCUT2D eigenvalue weighted by molar-refractivity contribution is 0.0962. The molecule has 4 heteroatoms. The molecule has 0 unspecified atom stereocenters. The Morgan fingerprint density at radius 1 is 1.69 bits per heavy atom. The minimum atomic E-state index is 0.275. The average molecular weight is 283 g/mol. The maximum atomic E-state index is 9.09. The standard InChI is InChI=1S/C12H15BrN2O/c1-2-12-11(13)6-9(7-14)15(12)8-10-4-3-5-16-10/h6,10H,2-5,8H2,1H3/t10-/m0/s1. The number of aromatic nitrogens is 1. The average Bonchev–Trinajstić information content (AvgIpc) is 2.87. The minimum Gasteiger partial charge on any atom is -0.376 e. The predicted octanol–water partition coefficient (Wildman–Crippen LogP) is 2.86. The highest BCUT2D eigenvalue weighted by Crippen LogP contribution is 2.24. The number of rotatable bonds is 3. The fraction of sp³-hybridized carbons (Fsp3) is 0.583. The van der Waals surface area contributed by atoms with Gasteiger partial charge in [-0.15, -0.1) is 0 Å². The van der Waals surface area contributed by atoms with Gasteiger partial charge in [0.2, 0.25) is 0 Å². The highest BCUT2D eigenvalue weighted by Gasteiger charge is 2.20. The molecule has 0 N–H and O–H groups in total. The van der Waals surface area contributed by atoms with Gasteiger partial charge in [0.25, 0.3) is 0 Å². The fourth-order valence-corrected chi connectivity index (χ4v) is 2.92. The smallest absolute Gasteiger partial charge is 0.121 e. The van der Waals surface area contributed by atoms with Gasteiger partial charge in [-0.05, 0) is 41.3 Å². The number of nitriles is 1. The molecule has 0 spiro atoms. The Bertz CT molecular complexity index is 413. The van der Waals surface area contributed by atoms with Crippen molar-refractivity contribution >= 4 is 15.9 Å². The van der Waals surface area contributed by atoms with E-state index in [1.807, 2.05) is 6.07 Å². The van der Waals surface area contributed by atoms with Crippen molar-refractivity contribution in [1.29, 1.82) is 5.26 Å². The third-order valence-electron chi connectivity index (χ3n) is 3.02. The molecule has 0 bridgehead atoms. The van der Waals surface area contributed by atoms with Crippen LogP contribution in [-0.4, -0.2) is 17.3 Å². The van der Waals surface area contributed by atoms with Crippen LogP contribution in [0.15, 0.2) is 10.5 Å². The van der Waals surface area contributed by atoms with E-state index in [2.05, 4.69) is 33.5 Å². The quantitative estimate of drug-likeness (QED) is 0.855. The van der Waals surface area contributed by atoms with Crippen molar-refractivity contribution in [1.82, 2.24) is 4.57 Å². The van der Waals surface area contributed by atoms with Gasteiger partial charge in [-0.3, -0.25) is 0 Å². The maximum absolute atomic E-state index is 9.09. The Labute approximate surface area is 104 Å². The lowest BCUT2D eigenvalue weighted by Gasteiger charge is -2.14. The van der Waals surface area contributed by atoms with Gasteiger partial charge in [0.1, 0.15) is 11.8 Å². The normalized spacial score (nSPS) is 19.9. The number of halogens is 1. The zero-order valence-electron chi connectivity index (χ0n) is 9.37. The molecule has 0 saturated carbocycles. The molecule has 0 radical (unpaired) electrons. The van der Waals surface area contributed by atoms with Crippen LogP contribution in [0.1, 0.15) is 31.2 Å². The van der Waals surface area contributed by atoms with E-state index in [0.717, 1.165) is 42.6 Å². The molecule has 1 aliphatic rings. The van der Waals surface area contributed by atoms with Gasteiger partial charge in [0.15, 0.2) is 0 Å². The lowest BCUT2D eigenvalue weighted by Crippen LogP contribution is -2.17. The van der Waals surface area contributed by atoms with Crippen molar-refractivity contribution in [3.05, 3.63) is 21.9 Å². The number of nitrogens with zero attached hydrogens (tertiary/aromatic N) is 2. The second kappa shape index (κ2) is 5.03. The molecular weight excluding hydrogens is 268 g/mol. The molecule has 2 rings (SSSR count). The van der Waals surface area contributed by atoms with E-state index in [1.165, 1.54) is 5.69 Å². The number of ether oxygens (including phenoxy) is 1. The SMILES string of the molecule is CCc1c(Br)cc(C#N)n1C[C@@H]1CCCO1. The van der Waals surface area contributed by atoms with Gasteiger partial charge in [-0.2, -0.15) is 5.26 Å². The van der Waals surface area contributed by atoms with Crippen molar-refractivity contribution in [2.24, 2.45) is 0 Å². The zero-order chi connectivity index (χ0) is 11.5. The van der Waals surface area contributed by atoms with E-state index >= 15 is 0 Å². The molecule has 1 aromatic rings. The first kappa shape index (κ1) is 11.7. The van der Waals surface area contributed by atoms with Crippen molar-refractivity contribution in [3.8, 4) is 6.07 Å². The summed E-state index contributed by atoms with van der Waals surface area (Å²) in [6.45, 7) is 3.77. The molecule has 1 aliphatic heterocycles. The van der Waals surface area contributed by atoms with Gasteiger partial charge in [-0.25, -0.2) is 0 Å². The second-order valence-corrected chi connectivity index (χ2v) is 4.89. The lowest BCUT2D eigenvalue weighted by atomic mass is 10.2. The molecule has 2 heterocycles. The molecule has 3 nitrogen and oxygen atoms in total. The van der Waals surface area contributed by atoms with E-state index in [9.17, 15) is 0 Å². The van der Waals surface area contributed by atoms with Crippen LogP contribution in [0.25, 0.3) is 0 Å². The van der Waals surface area contributed by atoms with E-state index in [-0.39, 0.29) is 6.10 Å². The second-order valence-electron chi connectivity index (χ2n) is 4.04. The molecule has 1 saturated heterocycles. The highest BCUT2D eigenvalue weighted by atomic mass is 79.9. The molecule has 0 aromatic carbocycles. The summed E-state index contributed by atoms with van der Waals surface area (Å²) >= 11 is 3.51. The topological polar surface area (TPSA) is 38.0 Å². The number of hydrogen-bond donors (Lipinski definition) is 0. The maximum Gasteiger partial charge on any atom is 0.121 e. The first-order valence-electron chi connectivity index (χ1n) is 5.65. The van der Waals surface area contributed by atoms with E-state index in [1.54, 1.807) is 0 Å². The molecule has 86 valence electrons. The van der Waals surface area contributed by atoms with Crippen LogP contribution in [0, 0.1) is 11.3 Å². The third-order valence-corrected chi connectivity index (χ3v) is 3.70. The Balaban J connectivity index is 2.26. The summed E-state index contributed by atoms with van der Waals surface area (Å²) in [5.41, 5.74) is 1.91. The molecule has 0 amide bonds. The zero-order valence-corrected chi connectivity index (χ0v) is 11.0. The van der Waals surface area contributed by atoms with E-state index in [4.69, 9.17) is 10.00 Å². The predicted molar refractivity (Wildman–Crippen MR) is 65.2 cm³/mol. The van der Waals surface area contributed by atoms with Crippen molar-refractivity contribution in [2.75, 3.05) is 6.61 Å². The van der Waals surface area contributed by atoms with Crippen LogP contribution < -0.4 is 0 Å². The molecule has 1 fully saturated rings. The summed E-state index contributed by atoms with van der Waals surface area (Å²) in [5.74, 6) is 0. The summed E-state index contributed by atoms with van der Waals surface area (Å²) in [4.78, 5) is 0. The molecule has 16 heavy (non-hydrogen) atoms. The van der Waals surface area contributed by atoms with Gasteiger partial charge in [0.05, 0.1) is 6.10 Å². The molecular formula is C12H15BrN2O. The largest absolute Gasteiger partial charge is 0.376 e. The molecule has 1 aromatic heterocycles. The third kappa shape index (κ3) is 2.16. The van der Waals surface area contributed by atoms with Crippen LogP contribution in [-0.2, 0) is 17.7 Å². The van der Waals surface area contributed by atoms with Crippen LogP contribution in [0.2, 0.25) is 0 Å². The highest BCUT2D eigenvalue weighted by molar-refractivity contribution is 9.10. The van der Waals surface area contributed by atoms with E-state index < -0.39 is 0 Å². The first-order valence-corrected chi connectivity index (χ1v) is 6.45. The Morgan fingerprint density at radius 3 is 3.06 bits per heavy atom. The summed E-state index contributed by atoms with van der Waals surface area (Å²) in [7, 11) is 0. The summed E-state index contributed by atoms with van der Waals surface area (Å²) in [6, 6.07) is 4.14. The van der Waals surface area contributed by atoms with Crippen molar-refractivity contribution in [2.45, 2.75) is 38.8 Å². The minimum absolute atomic E-state index is 0.275. The summed E-state index contributed by atoms with van der Waals surface area (Å²) in [6.07, 6.45) is 3.44.